The summed E-state index contributed by atoms with van der Waals surface area (Å²) in [7, 11) is -0.960. The van der Waals surface area contributed by atoms with Gasteiger partial charge in [-0.1, -0.05) is 13.3 Å². The first-order valence-corrected chi connectivity index (χ1v) is 7.90. The molecule has 0 aliphatic carbocycles. The first kappa shape index (κ1) is 13.7. The van der Waals surface area contributed by atoms with Gasteiger partial charge in [-0.25, -0.2) is 8.42 Å². The molecule has 1 fully saturated rings. The molecule has 0 aromatic rings. The molecular weight excluding hydrogens is 244 g/mol. The Morgan fingerprint density at radius 1 is 1.56 bits per heavy atom. The molecule has 0 aromatic carbocycles. The minimum atomic E-state index is -2.83. The highest BCUT2D eigenvalue weighted by Gasteiger charge is 2.31. The number of hydrogen-bond donors (Lipinski definition) is 1. The van der Waals surface area contributed by atoms with Gasteiger partial charge in [0.1, 0.15) is 0 Å². The largest absolute Gasteiger partial charge is 0.363 e. The van der Waals surface area contributed by atoms with Gasteiger partial charge in [0.25, 0.3) is 0 Å². The van der Waals surface area contributed by atoms with Gasteiger partial charge in [0, 0.05) is 19.6 Å². The van der Waals surface area contributed by atoms with E-state index in [-0.39, 0.29) is 11.8 Å². The van der Waals surface area contributed by atoms with Crippen molar-refractivity contribution in [3.8, 4) is 0 Å². The van der Waals surface area contributed by atoms with Crippen LogP contribution in [0.3, 0.4) is 0 Å². The zero-order chi connectivity index (χ0) is 12.2. The average molecular weight is 264 g/mol. The van der Waals surface area contributed by atoms with Crippen LogP contribution in [0.4, 0.5) is 0 Å². The average Bonchev–Trinajstić information content (AvgIpc) is 2.58. The van der Waals surface area contributed by atoms with Crippen LogP contribution in [-0.4, -0.2) is 49.6 Å². The lowest BCUT2D eigenvalue weighted by molar-refractivity contribution is 0.390. The molecule has 1 aliphatic heterocycles. The number of unbranched alkanes of at least 4 members (excludes halogenated alkanes) is 1. The van der Waals surface area contributed by atoms with Crippen LogP contribution < -0.4 is 5.32 Å². The summed E-state index contributed by atoms with van der Waals surface area (Å²) in [5.74, 6) is 0.526. The van der Waals surface area contributed by atoms with Gasteiger partial charge >= 0.3 is 0 Å². The van der Waals surface area contributed by atoms with Crippen molar-refractivity contribution in [2.75, 3.05) is 25.1 Å². The van der Waals surface area contributed by atoms with E-state index in [9.17, 15) is 8.42 Å². The van der Waals surface area contributed by atoms with Crippen LogP contribution in [0.25, 0.3) is 0 Å². The third-order valence-electron chi connectivity index (χ3n) is 2.88. The molecule has 0 spiro atoms. The van der Waals surface area contributed by atoms with Gasteiger partial charge < -0.3 is 10.2 Å². The van der Waals surface area contributed by atoms with Crippen LogP contribution in [0.15, 0.2) is 0 Å². The molecule has 1 heterocycles. The Kier molecular flexibility index (Phi) is 4.98. The van der Waals surface area contributed by atoms with E-state index in [1.807, 2.05) is 11.9 Å². The summed E-state index contributed by atoms with van der Waals surface area (Å²) in [5.41, 5.74) is 0. The molecule has 1 saturated heterocycles. The normalized spacial score (nSPS) is 23.0. The standard InChI is InChI=1S/C10H20N2O2S2/c1-3-4-6-11-10(15)12(2)9-5-7-16(13,14)8-9/h9H,3-8H2,1-2H3,(H,11,15). The summed E-state index contributed by atoms with van der Waals surface area (Å²) in [6.45, 7) is 2.98. The fraction of sp³-hybridized carbons (Fsp3) is 0.900. The lowest BCUT2D eigenvalue weighted by Crippen LogP contribution is -2.44. The number of rotatable bonds is 4. The third kappa shape index (κ3) is 3.90. The quantitative estimate of drug-likeness (QED) is 0.601. The molecule has 0 amide bonds. The van der Waals surface area contributed by atoms with Crippen LogP contribution in [0.5, 0.6) is 0 Å². The zero-order valence-electron chi connectivity index (χ0n) is 9.90. The highest BCUT2D eigenvalue weighted by Crippen LogP contribution is 2.16. The molecule has 0 bridgehead atoms. The first-order valence-electron chi connectivity index (χ1n) is 5.67. The molecule has 1 N–H and O–H groups in total. The van der Waals surface area contributed by atoms with Crippen molar-refractivity contribution in [2.24, 2.45) is 0 Å². The van der Waals surface area contributed by atoms with Gasteiger partial charge in [0.15, 0.2) is 14.9 Å². The molecule has 0 radical (unpaired) electrons. The van der Waals surface area contributed by atoms with E-state index in [0.717, 1.165) is 19.4 Å². The Morgan fingerprint density at radius 3 is 2.75 bits per heavy atom. The Labute approximate surface area is 103 Å². The fourth-order valence-corrected chi connectivity index (χ4v) is 3.77. The maximum Gasteiger partial charge on any atom is 0.168 e. The predicted molar refractivity (Wildman–Crippen MR) is 70.3 cm³/mol. The number of hydrogen-bond acceptors (Lipinski definition) is 3. The third-order valence-corrected chi connectivity index (χ3v) is 5.07. The van der Waals surface area contributed by atoms with Crippen LogP contribution >= 0.6 is 12.2 Å². The highest BCUT2D eigenvalue weighted by molar-refractivity contribution is 7.91. The fourth-order valence-electron chi connectivity index (χ4n) is 1.74. The van der Waals surface area contributed by atoms with E-state index in [4.69, 9.17) is 12.2 Å². The predicted octanol–water partition coefficient (Wildman–Crippen LogP) is 0.780. The monoisotopic (exact) mass is 264 g/mol. The summed E-state index contributed by atoms with van der Waals surface area (Å²) in [5, 5.41) is 3.81. The van der Waals surface area contributed by atoms with Gasteiger partial charge in [-0.05, 0) is 25.1 Å². The van der Waals surface area contributed by atoms with Crippen molar-refractivity contribution in [2.45, 2.75) is 32.2 Å². The van der Waals surface area contributed by atoms with Crippen LogP contribution in [0.2, 0.25) is 0 Å². The second kappa shape index (κ2) is 5.82. The van der Waals surface area contributed by atoms with Gasteiger partial charge in [-0.2, -0.15) is 0 Å². The summed E-state index contributed by atoms with van der Waals surface area (Å²) in [6.07, 6.45) is 2.89. The number of sulfone groups is 1. The molecule has 1 rings (SSSR count). The van der Waals surface area contributed by atoms with Crippen LogP contribution in [-0.2, 0) is 9.84 Å². The molecule has 4 nitrogen and oxygen atoms in total. The molecule has 0 saturated carbocycles. The van der Waals surface area contributed by atoms with Crippen molar-refractivity contribution in [1.82, 2.24) is 10.2 Å². The molecule has 16 heavy (non-hydrogen) atoms. The van der Waals surface area contributed by atoms with Crippen LogP contribution in [0.1, 0.15) is 26.2 Å². The minimum Gasteiger partial charge on any atom is -0.363 e. The summed E-state index contributed by atoms with van der Waals surface area (Å²) in [4.78, 5) is 1.88. The summed E-state index contributed by atoms with van der Waals surface area (Å²) >= 11 is 5.22. The Bertz CT molecular complexity index is 341. The Morgan fingerprint density at radius 2 is 2.25 bits per heavy atom. The molecule has 1 unspecified atom stereocenters. The Hall–Kier alpha value is -0.360. The van der Waals surface area contributed by atoms with E-state index >= 15 is 0 Å². The van der Waals surface area contributed by atoms with Crippen molar-refractivity contribution in [1.29, 1.82) is 0 Å². The minimum absolute atomic E-state index is 0.0478. The molecule has 94 valence electrons. The highest BCUT2D eigenvalue weighted by atomic mass is 32.2. The maximum atomic E-state index is 11.3. The smallest absolute Gasteiger partial charge is 0.168 e. The summed E-state index contributed by atoms with van der Waals surface area (Å²) in [6, 6.07) is 0.0478. The van der Waals surface area contributed by atoms with Crippen molar-refractivity contribution in [3.05, 3.63) is 0 Å². The van der Waals surface area contributed by atoms with E-state index < -0.39 is 9.84 Å². The zero-order valence-corrected chi connectivity index (χ0v) is 11.5. The topological polar surface area (TPSA) is 49.4 Å². The molecule has 1 aliphatic rings. The first-order chi connectivity index (χ1) is 7.46. The van der Waals surface area contributed by atoms with Crippen molar-refractivity contribution >= 4 is 27.2 Å². The van der Waals surface area contributed by atoms with Gasteiger partial charge in [0.05, 0.1) is 11.5 Å². The second-order valence-corrected chi connectivity index (χ2v) is 6.87. The molecule has 6 heteroatoms. The van der Waals surface area contributed by atoms with Crippen molar-refractivity contribution in [3.63, 3.8) is 0 Å². The van der Waals surface area contributed by atoms with E-state index in [0.29, 0.717) is 17.3 Å². The van der Waals surface area contributed by atoms with E-state index in [1.165, 1.54) is 0 Å². The molecular formula is C10H20N2O2S2. The van der Waals surface area contributed by atoms with Gasteiger partial charge in [-0.15, -0.1) is 0 Å². The number of thiocarbonyl (C=S) groups is 1. The molecule has 1 atom stereocenters. The summed E-state index contributed by atoms with van der Waals surface area (Å²) < 4.78 is 22.7. The molecule has 0 aromatic heterocycles. The Balaban J connectivity index is 2.40. The van der Waals surface area contributed by atoms with Gasteiger partial charge in [0.2, 0.25) is 0 Å². The number of nitrogens with zero attached hydrogens (tertiary/aromatic N) is 1. The number of nitrogens with one attached hydrogen (secondary N) is 1. The van der Waals surface area contributed by atoms with E-state index in [1.54, 1.807) is 0 Å². The lowest BCUT2D eigenvalue weighted by Gasteiger charge is -2.26. The van der Waals surface area contributed by atoms with E-state index in [2.05, 4.69) is 12.2 Å². The SMILES string of the molecule is CCCCNC(=S)N(C)C1CCS(=O)(=O)C1. The van der Waals surface area contributed by atoms with Crippen molar-refractivity contribution < 1.29 is 8.42 Å². The van der Waals surface area contributed by atoms with Gasteiger partial charge in [-0.3, -0.25) is 0 Å². The second-order valence-electron chi connectivity index (χ2n) is 4.25. The lowest BCUT2D eigenvalue weighted by atomic mass is 10.2. The van der Waals surface area contributed by atoms with Crippen LogP contribution in [0, 0.1) is 0 Å². The maximum absolute atomic E-state index is 11.3.